The first-order chi connectivity index (χ1) is 15.6. The fraction of sp³-hybridized carbons (Fsp3) is 0.280. The third-order valence-electron chi connectivity index (χ3n) is 5.82. The second kappa shape index (κ2) is 9.14. The first-order valence-corrected chi connectivity index (χ1v) is 11.7. The van der Waals surface area contributed by atoms with Crippen molar-refractivity contribution < 1.29 is 9.53 Å². The summed E-state index contributed by atoms with van der Waals surface area (Å²) < 4.78 is 7.81. The molecule has 164 valence electrons. The zero-order chi connectivity index (χ0) is 21.9. The highest BCUT2D eigenvalue weighted by molar-refractivity contribution is 7.12. The number of thiophene rings is 1. The van der Waals surface area contributed by atoms with E-state index in [1.165, 1.54) is 22.3 Å². The molecule has 0 unspecified atom stereocenters. The Labute approximate surface area is 191 Å². The number of hydrogen-bond acceptors (Lipinski definition) is 5. The van der Waals surface area contributed by atoms with Crippen molar-refractivity contribution in [3.63, 3.8) is 0 Å². The fourth-order valence-corrected chi connectivity index (χ4v) is 4.93. The Morgan fingerprint density at radius 3 is 2.62 bits per heavy atom. The third-order valence-corrected chi connectivity index (χ3v) is 6.78. The van der Waals surface area contributed by atoms with Gasteiger partial charge in [-0.25, -0.2) is 0 Å². The normalized spacial score (nSPS) is 14.7. The van der Waals surface area contributed by atoms with Crippen molar-refractivity contribution in [2.75, 3.05) is 26.2 Å². The molecule has 0 radical (unpaired) electrons. The van der Waals surface area contributed by atoms with Crippen molar-refractivity contribution in [2.24, 2.45) is 7.05 Å². The lowest BCUT2D eigenvalue weighted by Gasteiger charge is -2.34. The predicted octanol–water partition coefficient (Wildman–Crippen LogP) is 4.17. The van der Waals surface area contributed by atoms with Crippen LogP contribution in [0.25, 0.3) is 10.8 Å². The van der Waals surface area contributed by atoms with E-state index >= 15 is 0 Å². The summed E-state index contributed by atoms with van der Waals surface area (Å²) in [7, 11) is 1.93. The minimum absolute atomic E-state index is 0.119. The van der Waals surface area contributed by atoms with E-state index in [2.05, 4.69) is 34.3 Å². The molecule has 32 heavy (non-hydrogen) atoms. The van der Waals surface area contributed by atoms with Gasteiger partial charge in [0.2, 0.25) is 0 Å². The van der Waals surface area contributed by atoms with Gasteiger partial charge in [0.05, 0.1) is 11.1 Å². The predicted molar refractivity (Wildman–Crippen MR) is 127 cm³/mol. The summed E-state index contributed by atoms with van der Waals surface area (Å²) in [6.07, 6.45) is 3.95. The highest BCUT2D eigenvalue weighted by Crippen LogP contribution is 2.23. The number of benzene rings is 2. The van der Waals surface area contributed by atoms with Crippen molar-refractivity contribution in [1.29, 1.82) is 0 Å². The van der Waals surface area contributed by atoms with Crippen LogP contribution in [-0.2, 0) is 20.2 Å². The molecule has 6 nitrogen and oxygen atoms in total. The SMILES string of the molecule is Cn1cc(CN2CCN(C(=O)c3cc(COc4ccc5ccccc5c4)cs3)CC2)cn1. The van der Waals surface area contributed by atoms with Crippen LogP contribution < -0.4 is 4.74 Å². The lowest BCUT2D eigenvalue weighted by molar-refractivity contribution is 0.0633. The van der Waals surface area contributed by atoms with Gasteiger partial charge in [-0.15, -0.1) is 11.3 Å². The maximum atomic E-state index is 13.0. The first kappa shape index (κ1) is 20.7. The molecular weight excluding hydrogens is 420 g/mol. The maximum absolute atomic E-state index is 13.0. The van der Waals surface area contributed by atoms with E-state index < -0.39 is 0 Å². The Morgan fingerprint density at radius 2 is 1.84 bits per heavy atom. The Kier molecular flexibility index (Phi) is 5.92. The molecule has 1 saturated heterocycles. The second-order valence-corrected chi connectivity index (χ2v) is 9.12. The largest absolute Gasteiger partial charge is 0.489 e. The van der Waals surface area contributed by atoms with Gasteiger partial charge in [-0.2, -0.15) is 5.10 Å². The number of carbonyl (C=O) groups is 1. The van der Waals surface area contributed by atoms with Crippen molar-refractivity contribution in [3.8, 4) is 5.75 Å². The van der Waals surface area contributed by atoms with Gasteiger partial charge in [0.15, 0.2) is 0 Å². The molecule has 0 bridgehead atoms. The van der Waals surface area contributed by atoms with E-state index in [-0.39, 0.29) is 5.91 Å². The lowest BCUT2D eigenvalue weighted by Crippen LogP contribution is -2.48. The van der Waals surface area contributed by atoms with Crippen LogP contribution in [0.15, 0.2) is 66.3 Å². The molecule has 0 N–H and O–H groups in total. The summed E-state index contributed by atoms with van der Waals surface area (Å²) in [5, 5.41) is 8.61. The van der Waals surface area contributed by atoms with E-state index in [1.54, 1.807) is 0 Å². The van der Waals surface area contributed by atoms with Crippen LogP contribution in [0.3, 0.4) is 0 Å². The van der Waals surface area contributed by atoms with Crippen LogP contribution in [0, 0.1) is 0 Å². The highest BCUT2D eigenvalue weighted by Gasteiger charge is 2.23. The number of aromatic nitrogens is 2. The standard InChI is InChI=1S/C25H26N4O2S/c1-27-15-20(14-26-27)16-28-8-10-29(11-9-28)25(30)24-12-19(18-32-24)17-31-23-7-6-21-4-2-3-5-22(21)13-23/h2-7,12-15,18H,8-11,16-17H2,1H3. The first-order valence-electron chi connectivity index (χ1n) is 10.8. The Morgan fingerprint density at radius 1 is 1.03 bits per heavy atom. The molecular formula is C25H26N4O2S. The van der Waals surface area contributed by atoms with Crippen molar-refractivity contribution >= 4 is 28.0 Å². The number of hydrogen-bond donors (Lipinski definition) is 0. The number of ether oxygens (including phenoxy) is 1. The molecule has 1 aliphatic heterocycles. The van der Waals surface area contributed by atoms with Gasteiger partial charge in [-0.1, -0.05) is 30.3 Å². The van der Waals surface area contributed by atoms with Crippen LogP contribution in [-0.4, -0.2) is 51.7 Å². The van der Waals surface area contributed by atoms with Crippen LogP contribution in [0.1, 0.15) is 20.8 Å². The van der Waals surface area contributed by atoms with Crippen LogP contribution in [0.5, 0.6) is 5.75 Å². The summed E-state index contributed by atoms with van der Waals surface area (Å²) in [5.74, 6) is 0.959. The van der Waals surface area contributed by atoms with Gasteiger partial charge in [0, 0.05) is 57.1 Å². The van der Waals surface area contributed by atoms with Gasteiger partial charge in [-0.3, -0.25) is 14.4 Å². The second-order valence-electron chi connectivity index (χ2n) is 8.21. The van der Waals surface area contributed by atoms with Crippen LogP contribution >= 0.6 is 11.3 Å². The number of amides is 1. The van der Waals surface area contributed by atoms with E-state index in [0.29, 0.717) is 6.61 Å². The van der Waals surface area contributed by atoms with E-state index in [4.69, 9.17) is 4.74 Å². The zero-order valence-corrected chi connectivity index (χ0v) is 18.9. The molecule has 1 amide bonds. The summed E-state index contributed by atoms with van der Waals surface area (Å²) in [4.78, 5) is 18.1. The third kappa shape index (κ3) is 4.69. The molecule has 2 aromatic carbocycles. The zero-order valence-electron chi connectivity index (χ0n) is 18.1. The summed E-state index contributed by atoms with van der Waals surface area (Å²) in [6.45, 7) is 4.60. The van der Waals surface area contributed by atoms with Gasteiger partial charge < -0.3 is 9.64 Å². The highest BCUT2D eigenvalue weighted by atomic mass is 32.1. The molecule has 0 saturated carbocycles. The summed E-state index contributed by atoms with van der Waals surface area (Å²) in [6, 6.07) is 16.3. The monoisotopic (exact) mass is 446 g/mol. The van der Waals surface area contributed by atoms with Gasteiger partial charge >= 0.3 is 0 Å². The Bertz CT molecular complexity index is 1220. The van der Waals surface area contributed by atoms with Gasteiger partial charge in [-0.05, 0) is 34.4 Å². The Balaban J connectivity index is 1.14. The quantitative estimate of drug-likeness (QED) is 0.446. The molecule has 0 spiro atoms. The molecule has 5 rings (SSSR count). The topological polar surface area (TPSA) is 50.6 Å². The smallest absolute Gasteiger partial charge is 0.264 e. The molecule has 3 heterocycles. The van der Waals surface area contributed by atoms with Crippen LogP contribution in [0.4, 0.5) is 0 Å². The van der Waals surface area contributed by atoms with Gasteiger partial charge in [0.25, 0.3) is 5.91 Å². The Hall–Kier alpha value is -3.16. The van der Waals surface area contributed by atoms with Crippen molar-refractivity contribution in [3.05, 3.63) is 82.3 Å². The maximum Gasteiger partial charge on any atom is 0.264 e. The fourth-order valence-electron chi connectivity index (χ4n) is 4.06. The van der Waals surface area contributed by atoms with E-state index in [9.17, 15) is 4.79 Å². The number of nitrogens with zero attached hydrogens (tertiary/aromatic N) is 4. The number of carbonyl (C=O) groups excluding carboxylic acids is 1. The van der Waals surface area contributed by atoms with Crippen molar-refractivity contribution in [1.82, 2.24) is 19.6 Å². The minimum Gasteiger partial charge on any atom is -0.489 e. The number of piperazine rings is 1. The number of rotatable bonds is 6. The average Bonchev–Trinajstić information content (AvgIpc) is 3.46. The van der Waals surface area contributed by atoms with E-state index in [0.717, 1.165) is 54.3 Å². The number of fused-ring (bicyclic) bond motifs is 1. The lowest BCUT2D eigenvalue weighted by atomic mass is 10.1. The summed E-state index contributed by atoms with van der Waals surface area (Å²) >= 11 is 1.50. The minimum atomic E-state index is 0.119. The molecule has 4 aromatic rings. The summed E-state index contributed by atoms with van der Waals surface area (Å²) in [5.41, 5.74) is 2.24. The molecule has 7 heteroatoms. The average molecular weight is 447 g/mol. The molecule has 1 aliphatic rings. The number of aryl methyl sites for hydroxylation is 1. The molecule has 0 atom stereocenters. The molecule has 0 aliphatic carbocycles. The van der Waals surface area contributed by atoms with E-state index in [1.807, 2.05) is 58.7 Å². The van der Waals surface area contributed by atoms with Crippen LogP contribution in [0.2, 0.25) is 0 Å². The van der Waals surface area contributed by atoms with Gasteiger partial charge in [0.1, 0.15) is 12.4 Å². The molecule has 2 aromatic heterocycles. The molecule has 1 fully saturated rings. The van der Waals surface area contributed by atoms with Crippen molar-refractivity contribution in [2.45, 2.75) is 13.2 Å².